The van der Waals surface area contributed by atoms with Crippen LogP contribution in [-0.4, -0.2) is 143 Å². The van der Waals surface area contributed by atoms with Crippen LogP contribution in [0.4, 0.5) is 0 Å². The van der Waals surface area contributed by atoms with Gasteiger partial charge in [-0.2, -0.15) is 5.10 Å². The molecule has 19 nitrogen and oxygen atoms in total. The van der Waals surface area contributed by atoms with Crippen LogP contribution in [0.25, 0.3) is 72.9 Å². The molecule has 0 bridgehead atoms. The number of β-amino-alcohol motifs (C(OH)–C–C–N with tert-alkyl or cyclic N) is 1. The highest BCUT2D eigenvalue weighted by atomic mass is 16.3. The molecule has 14 heterocycles. The monoisotopic (exact) mass is 1190 g/mol. The van der Waals surface area contributed by atoms with Crippen molar-refractivity contribution >= 4 is 39.1 Å². The third-order valence-electron chi connectivity index (χ3n) is 18.4. The fraction of sp³-hybridized carbons (Fsp3) is 0.357. The molecule has 3 fully saturated rings. The molecule has 3 aliphatic rings. The Kier molecular flexibility index (Phi) is 16.5. The van der Waals surface area contributed by atoms with Gasteiger partial charge < -0.3 is 28.6 Å². The topological polar surface area (TPSA) is 185 Å². The van der Waals surface area contributed by atoms with Crippen LogP contribution >= 0.6 is 0 Å². The number of piperidine rings is 3. The first kappa shape index (κ1) is 59.0. The van der Waals surface area contributed by atoms with Crippen molar-refractivity contribution in [2.24, 2.45) is 7.05 Å². The molecular formula is C70H77N15O4. The van der Waals surface area contributed by atoms with Crippen LogP contribution < -0.4 is 16.7 Å². The van der Waals surface area contributed by atoms with Crippen LogP contribution in [0.3, 0.4) is 0 Å². The summed E-state index contributed by atoms with van der Waals surface area (Å²) in [5.41, 5.74) is 17.2. The summed E-state index contributed by atoms with van der Waals surface area (Å²) in [4.78, 5) is 69.3. The number of imidazole rings is 2. The number of nitrogens with zero attached hydrogens (tertiary/aromatic N) is 15. The molecule has 11 aromatic heterocycles. The highest BCUT2D eigenvalue weighted by molar-refractivity contribution is 5.83. The molecule has 0 radical (unpaired) electrons. The number of aromatic nitrogens is 12. The maximum atomic E-state index is 13.0. The van der Waals surface area contributed by atoms with Gasteiger partial charge in [0.1, 0.15) is 28.2 Å². The number of fused-ring (bicyclic) bond motifs is 6. The summed E-state index contributed by atoms with van der Waals surface area (Å²) in [7, 11) is 4.06. The van der Waals surface area contributed by atoms with E-state index in [1.54, 1.807) is 36.1 Å². The number of pyridine rings is 5. The first-order valence-electron chi connectivity index (χ1n) is 31.3. The van der Waals surface area contributed by atoms with Crippen LogP contribution in [0.2, 0.25) is 0 Å². The van der Waals surface area contributed by atoms with Crippen molar-refractivity contribution < 1.29 is 5.11 Å². The highest BCUT2D eigenvalue weighted by Gasteiger charge is 2.24. The molecule has 89 heavy (non-hydrogen) atoms. The maximum absolute atomic E-state index is 13.0. The smallest absolute Gasteiger partial charge is 0.258 e. The first-order valence-corrected chi connectivity index (χ1v) is 31.3. The van der Waals surface area contributed by atoms with Crippen molar-refractivity contribution in [2.75, 3.05) is 66.0 Å². The average Bonchev–Trinajstić information content (AvgIpc) is 4.38. The van der Waals surface area contributed by atoms with Crippen molar-refractivity contribution in [3.8, 4) is 33.8 Å². The summed E-state index contributed by atoms with van der Waals surface area (Å²) in [6.45, 7) is 18.7. The number of aryl methyl sites for hydroxylation is 5. The molecule has 0 atom stereocenters. The van der Waals surface area contributed by atoms with E-state index in [0.717, 1.165) is 152 Å². The summed E-state index contributed by atoms with van der Waals surface area (Å²) in [6.07, 6.45) is 22.5. The Morgan fingerprint density at radius 2 is 0.888 bits per heavy atom. The Morgan fingerprint density at radius 3 is 1.33 bits per heavy atom. The van der Waals surface area contributed by atoms with E-state index in [4.69, 9.17) is 20.1 Å². The molecule has 456 valence electrons. The normalized spacial score (nSPS) is 16.0. The van der Waals surface area contributed by atoms with E-state index < -0.39 is 0 Å². The lowest BCUT2D eigenvalue weighted by Crippen LogP contribution is -2.35. The maximum Gasteiger partial charge on any atom is 0.258 e. The molecular weight excluding hydrogens is 1110 g/mol. The van der Waals surface area contributed by atoms with Gasteiger partial charge >= 0.3 is 0 Å². The van der Waals surface area contributed by atoms with Crippen LogP contribution in [0.15, 0.2) is 149 Å². The number of aliphatic hydroxyl groups is 1. The minimum Gasteiger partial charge on any atom is -0.395 e. The van der Waals surface area contributed by atoms with Gasteiger partial charge in [0.25, 0.3) is 16.7 Å². The van der Waals surface area contributed by atoms with Gasteiger partial charge in [0.2, 0.25) is 0 Å². The largest absolute Gasteiger partial charge is 0.395 e. The SMILES string of the molecule is CCN1CCC(c2ccc3nc(-c4cc(C)c5nc(C)cn5c4)cc(=O)n3c2)CC1.Cc1cn2cc(-c3cc(=O)n4cc(C5CCN(C)CC5)ccc4n3)cc(C)c2n1.Cn1cc2cc(-c3cc(=O)n4cc(C5CCN(CCO)CC5)ccc4n3)ccc2n1. The fourth-order valence-corrected chi connectivity index (χ4v) is 13.5. The predicted molar refractivity (Wildman–Crippen MR) is 350 cm³/mol. The van der Waals surface area contributed by atoms with E-state index >= 15 is 0 Å². The predicted octanol–water partition coefficient (Wildman–Crippen LogP) is 9.68. The first-order chi connectivity index (χ1) is 43.1. The molecule has 19 heteroatoms. The number of likely N-dealkylation sites (tertiary alicyclic amines) is 3. The minimum atomic E-state index is -0.0687. The van der Waals surface area contributed by atoms with Crippen molar-refractivity contribution in [3.63, 3.8) is 0 Å². The Labute approximate surface area is 515 Å². The quantitative estimate of drug-likeness (QED) is 0.144. The molecule has 15 rings (SSSR count). The van der Waals surface area contributed by atoms with E-state index in [-0.39, 0.29) is 23.3 Å². The minimum absolute atomic E-state index is 0.0394. The molecule has 1 aromatic carbocycles. The van der Waals surface area contributed by atoms with Crippen LogP contribution in [0.1, 0.15) is 102 Å². The van der Waals surface area contributed by atoms with E-state index in [0.29, 0.717) is 51.8 Å². The van der Waals surface area contributed by atoms with Crippen molar-refractivity contribution in [1.29, 1.82) is 0 Å². The standard InChI is InChI=1S/C24H27N5O.C23H25N5O2.C23H25N5O/c1-4-27-9-7-18(8-10-27)19-5-6-22-26-21(12-23(30)29(22)15-19)20-11-16(2)24-25-17(3)13-28(24)14-20;1-26-14-19-12-17(2-4-20(19)25-26)21-13-23(30)28-15-18(3-5-22(28)24-21)16-6-8-27(9-7-16)10-11-29;1-15-10-19(13-27-12-16(2)24-23(15)27)20-11-22(29)28-14-18(4-5-21(28)25-20)17-6-8-26(3)9-7-17/h5-6,11-15,18H,4,7-10H2,1-3H3;2-5,12-16,29H,6-11H2,1H3;4-5,10-14,17H,6-9H2,1-3H3. The number of hydrogen-bond donors (Lipinski definition) is 1. The van der Waals surface area contributed by atoms with E-state index in [9.17, 15) is 14.4 Å². The molecule has 0 aliphatic carbocycles. The van der Waals surface area contributed by atoms with Gasteiger partial charge in [0, 0.05) is 103 Å². The molecule has 1 N–H and O–H groups in total. The van der Waals surface area contributed by atoms with Crippen molar-refractivity contribution in [1.82, 2.24) is 71.4 Å². The lowest BCUT2D eigenvalue weighted by molar-refractivity contribution is 0.164. The van der Waals surface area contributed by atoms with Crippen molar-refractivity contribution in [2.45, 2.75) is 90.9 Å². The summed E-state index contributed by atoms with van der Waals surface area (Å²) in [5.74, 6) is 1.46. The Morgan fingerprint density at radius 1 is 0.461 bits per heavy atom. The molecule has 3 aliphatic heterocycles. The summed E-state index contributed by atoms with van der Waals surface area (Å²) in [6, 6.07) is 27.2. The average molecular weight is 1190 g/mol. The lowest BCUT2D eigenvalue weighted by Gasteiger charge is -2.31. The zero-order valence-corrected chi connectivity index (χ0v) is 51.9. The second kappa shape index (κ2) is 24.9. The van der Waals surface area contributed by atoms with Crippen molar-refractivity contribution in [3.05, 3.63) is 205 Å². The molecule has 0 unspecified atom stereocenters. The van der Waals surface area contributed by atoms with Crippen LogP contribution in [0.5, 0.6) is 0 Å². The van der Waals surface area contributed by atoms with Gasteiger partial charge in [-0.1, -0.05) is 31.2 Å². The third-order valence-corrected chi connectivity index (χ3v) is 18.4. The molecule has 3 saturated heterocycles. The fourth-order valence-electron chi connectivity index (χ4n) is 13.5. The number of hydrogen-bond acceptors (Lipinski definition) is 13. The second-order valence-corrected chi connectivity index (χ2v) is 24.8. The Bertz CT molecular complexity index is 4800. The van der Waals surface area contributed by atoms with Gasteiger partial charge in [0.15, 0.2) is 0 Å². The van der Waals surface area contributed by atoms with Gasteiger partial charge in [-0.05, 0) is 207 Å². The van der Waals surface area contributed by atoms with Gasteiger partial charge in [-0.15, -0.1) is 0 Å². The van der Waals surface area contributed by atoms with E-state index in [1.165, 1.54) is 16.7 Å². The molecule has 12 aromatic rings. The van der Waals surface area contributed by atoms with Gasteiger partial charge in [-0.25, -0.2) is 24.9 Å². The molecule has 0 amide bonds. The molecule has 0 saturated carbocycles. The van der Waals surface area contributed by atoms with Crippen LogP contribution in [-0.2, 0) is 7.05 Å². The van der Waals surface area contributed by atoms with Gasteiger partial charge in [-0.3, -0.25) is 32.3 Å². The number of benzene rings is 1. The second-order valence-electron chi connectivity index (χ2n) is 24.8. The van der Waals surface area contributed by atoms with Gasteiger partial charge in [0.05, 0.1) is 40.6 Å². The third kappa shape index (κ3) is 12.4. The summed E-state index contributed by atoms with van der Waals surface area (Å²) in [5, 5.41) is 14.5. The number of aliphatic hydroxyl groups excluding tert-OH is 1. The Balaban J connectivity index is 0.000000123. The zero-order valence-electron chi connectivity index (χ0n) is 51.9. The summed E-state index contributed by atoms with van der Waals surface area (Å²) >= 11 is 0. The lowest BCUT2D eigenvalue weighted by atomic mass is 9.90. The summed E-state index contributed by atoms with van der Waals surface area (Å²) < 4.78 is 10.8. The molecule has 0 spiro atoms. The highest BCUT2D eigenvalue weighted by Crippen LogP contribution is 2.32. The van der Waals surface area contributed by atoms with Crippen LogP contribution in [0, 0.1) is 27.7 Å². The van der Waals surface area contributed by atoms with E-state index in [1.807, 2.05) is 136 Å². The zero-order chi connectivity index (χ0) is 61.6. The number of rotatable bonds is 9. The van der Waals surface area contributed by atoms with E-state index in [2.05, 4.69) is 68.0 Å². The Hall–Kier alpha value is -9.01.